The molecule has 18 heavy (non-hydrogen) atoms. The minimum Gasteiger partial charge on any atom is -0.469 e. The molecule has 1 rings (SSSR count). The molecule has 4 nitrogen and oxygen atoms in total. The molecular formula is C14H18N2O2. The van der Waals surface area contributed by atoms with E-state index in [1.807, 2.05) is 32.0 Å². The molecule has 0 radical (unpaired) electrons. The van der Waals surface area contributed by atoms with Crippen molar-refractivity contribution in [2.24, 2.45) is 0 Å². The lowest BCUT2D eigenvalue weighted by Gasteiger charge is -2.23. The van der Waals surface area contributed by atoms with Crippen LogP contribution in [0.1, 0.15) is 24.5 Å². The first-order valence-corrected chi connectivity index (χ1v) is 5.94. The molecule has 0 atom stereocenters. The Morgan fingerprint density at radius 3 is 2.72 bits per heavy atom. The number of esters is 1. The maximum atomic E-state index is 11.1. The Kier molecular flexibility index (Phi) is 5.19. The molecule has 1 aromatic rings. The van der Waals surface area contributed by atoms with E-state index in [0.29, 0.717) is 18.5 Å². The highest BCUT2D eigenvalue weighted by molar-refractivity contribution is 5.70. The van der Waals surface area contributed by atoms with Gasteiger partial charge in [-0.05, 0) is 37.6 Å². The van der Waals surface area contributed by atoms with Crippen LogP contribution in [0.25, 0.3) is 0 Å². The molecule has 0 saturated carbocycles. The van der Waals surface area contributed by atoms with Crippen molar-refractivity contribution in [3.8, 4) is 6.07 Å². The largest absolute Gasteiger partial charge is 0.469 e. The van der Waals surface area contributed by atoms with Crippen LogP contribution in [0.5, 0.6) is 0 Å². The average molecular weight is 246 g/mol. The number of nitriles is 1. The van der Waals surface area contributed by atoms with Gasteiger partial charge in [-0.15, -0.1) is 0 Å². The first kappa shape index (κ1) is 14.0. The van der Waals surface area contributed by atoms with Gasteiger partial charge in [-0.2, -0.15) is 5.26 Å². The Balaban J connectivity index is 2.79. The van der Waals surface area contributed by atoms with Gasteiger partial charge in [0.2, 0.25) is 0 Å². The van der Waals surface area contributed by atoms with Crippen molar-refractivity contribution >= 4 is 11.7 Å². The number of methoxy groups -OCH3 is 1. The molecule has 0 N–H and O–H groups in total. The third kappa shape index (κ3) is 3.49. The summed E-state index contributed by atoms with van der Waals surface area (Å²) in [6.07, 6.45) is 0.364. The van der Waals surface area contributed by atoms with Crippen LogP contribution in [0, 0.1) is 18.3 Å². The molecule has 0 aromatic heterocycles. The Bertz CT molecular complexity index is 463. The number of rotatable bonds is 5. The van der Waals surface area contributed by atoms with E-state index in [2.05, 4.69) is 15.7 Å². The van der Waals surface area contributed by atoms with Crippen molar-refractivity contribution in [1.29, 1.82) is 5.26 Å². The summed E-state index contributed by atoms with van der Waals surface area (Å²) in [6.45, 7) is 5.37. The number of nitrogens with zero attached hydrogens (tertiary/aromatic N) is 2. The van der Waals surface area contributed by atoms with Gasteiger partial charge < -0.3 is 9.64 Å². The van der Waals surface area contributed by atoms with Crippen LogP contribution >= 0.6 is 0 Å². The minimum atomic E-state index is -0.209. The van der Waals surface area contributed by atoms with Gasteiger partial charge >= 0.3 is 5.97 Å². The molecular weight excluding hydrogens is 228 g/mol. The second-order valence-corrected chi connectivity index (χ2v) is 4.02. The summed E-state index contributed by atoms with van der Waals surface area (Å²) in [5.41, 5.74) is 2.66. The van der Waals surface area contributed by atoms with Crippen molar-refractivity contribution in [3.63, 3.8) is 0 Å². The number of benzene rings is 1. The summed E-state index contributed by atoms with van der Waals surface area (Å²) >= 11 is 0. The number of hydrogen-bond donors (Lipinski definition) is 0. The zero-order valence-electron chi connectivity index (χ0n) is 11.1. The van der Waals surface area contributed by atoms with Crippen molar-refractivity contribution in [1.82, 2.24) is 0 Å². The fourth-order valence-corrected chi connectivity index (χ4v) is 1.77. The molecule has 0 aliphatic heterocycles. The predicted octanol–water partition coefficient (Wildman–Crippen LogP) is 2.26. The number of aryl methyl sites for hydroxylation is 1. The minimum absolute atomic E-state index is 0.209. The van der Waals surface area contributed by atoms with Gasteiger partial charge in [-0.3, -0.25) is 4.79 Å². The van der Waals surface area contributed by atoms with Crippen molar-refractivity contribution in [2.75, 3.05) is 25.1 Å². The number of ether oxygens (including phenoxy) is 1. The Morgan fingerprint density at radius 2 is 2.22 bits per heavy atom. The van der Waals surface area contributed by atoms with Gasteiger partial charge in [0.25, 0.3) is 0 Å². The SMILES string of the molecule is CCN(CCC(=O)OC)c1ccc(C#N)c(C)c1. The van der Waals surface area contributed by atoms with E-state index in [-0.39, 0.29) is 5.97 Å². The fraction of sp³-hybridized carbons (Fsp3) is 0.429. The van der Waals surface area contributed by atoms with Crippen molar-refractivity contribution < 1.29 is 9.53 Å². The van der Waals surface area contributed by atoms with Gasteiger partial charge in [-0.25, -0.2) is 0 Å². The molecule has 1 aromatic carbocycles. The predicted molar refractivity (Wildman–Crippen MR) is 70.4 cm³/mol. The first-order chi connectivity index (χ1) is 8.62. The van der Waals surface area contributed by atoms with Gasteiger partial charge in [0, 0.05) is 18.8 Å². The monoisotopic (exact) mass is 246 g/mol. The number of carbonyl (C=O) groups is 1. The smallest absolute Gasteiger partial charge is 0.307 e. The van der Waals surface area contributed by atoms with Crippen molar-refractivity contribution in [3.05, 3.63) is 29.3 Å². The van der Waals surface area contributed by atoms with E-state index >= 15 is 0 Å². The van der Waals surface area contributed by atoms with E-state index < -0.39 is 0 Å². The average Bonchev–Trinajstić information content (AvgIpc) is 2.39. The summed E-state index contributed by atoms with van der Waals surface area (Å²) in [6, 6.07) is 7.84. The van der Waals surface area contributed by atoms with Crippen LogP contribution in [-0.2, 0) is 9.53 Å². The Morgan fingerprint density at radius 1 is 1.50 bits per heavy atom. The Hall–Kier alpha value is -2.02. The topological polar surface area (TPSA) is 53.3 Å². The molecule has 96 valence electrons. The van der Waals surface area contributed by atoms with Gasteiger partial charge in [0.05, 0.1) is 25.2 Å². The summed E-state index contributed by atoms with van der Waals surface area (Å²) in [7, 11) is 1.39. The van der Waals surface area contributed by atoms with Gasteiger partial charge in [-0.1, -0.05) is 0 Å². The van der Waals surface area contributed by atoms with E-state index in [0.717, 1.165) is 17.8 Å². The first-order valence-electron chi connectivity index (χ1n) is 5.94. The fourth-order valence-electron chi connectivity index (χ4n) is 1.77. The molecule has 0 unspecified atom stereocenters. The Labute approximate surface area is 108 Å². The lowest BCUT2D eigenvalue weighted by Crippen LogP contribution is -2.26. The normalized spacial score (nSPS) is 9.67. The zero-order valence-corrected chi connectivity index (χ0v) is 11.1. The van der Waals surface area contributed by atoms with E-state index in [1.54, 1.807) is 0 Å². The molecule has 0 saturated heterocycles. The van der Waals surface area contributed by atoms with Crippen LogP contribution in [0.4, 0.5) is 5.69 Å². The number of anilines is 1. The van der Waals surface area contributed by atoms with Crippen LogP contribution < -0.4 is 4.90 Å². The standard InChI is InChI=1S/C14H18N2O2/c1-4-16(8-7-14(17)18-3)13-6-5-12(10-15)11(2)9-13/h5-6,9H,4,7-8H2,1-3H3. The lowest BCUT2D eigenvalue weighted by atomic mass is 10.1. The molecule has 4 heteroatoms. The van der Waals surface area contributed by atoms with E-state index in [4.69, 9.17) is 5.26 Å². The summed E-state index contributed by atoms with van der Waals surface area (Å²) in [5, 5.41) is 8.89. The molecule has 0 aliphatic carbocycles. The van der Waals surface area contributed by atoms with Gasteiger partial charge in [0.1, 0.15) is 0 Å². The van der Waals surface area contributed by atoms with E-state index in [1.165, 1.54) is 7.11 Å². The van der Waals surface area contributed by atoms with Gasteiger partial charge in [0.15, 0.2) is 0 Å². The summed E-state index contributed by atoms with van der Waals surface area (Å²) < 4.78 is 4.63. The third-order valence-corrected chi connectivity index (χ3v) is 2.89. The highest BCUT2D eigenvalue weighted by atomic mass is 16.5. The molecule has 0 amide bonds. The highest BCUT2D eigenvalue weighted by Gasteiger charge is 2.09. The molecule has 0 bridgehead atoms. The van der Waals surface area contributed by atoms with Crippen LogP contribution in [0.3, 0.4) is 0 Å². The molecule has 0 spiro atoms. The summed E-state index contributed by atoms with van der Waals surface area (Å²) in [4.78, 5) is 13.2. The molecule has 0 fully saturated rings. The maximum Gasteiger partial charge on any atom is 0.307 e. The van der Waals surface area contributed by atoms with Crippen molar-refractivity contribution in [2.45, 2.75) is 20.3 Å². The number of carbonyl (C=O) groups excluding carboxylic acids is 1. The van der Waals surface area contributed by atoms with E-state index in [9.17, 15) is 4.79 Å². The van der Waals surface area contributed by atoms with Crippen LogP contribution in [0.15, 0.2) is 18.2 Å². The maximum absolute atomic E-state index is 11.1. The lowest BCUT2D eigenvalue weighted by molar-refractivity contribution is -0.140. The zero-order chi connectivity index (χ0) is 13.5. The second-order valence-electron chi connectivity index (χ2n) is 4.02. The molecule has 0 heterocycles. The van der Waals surface area contributed by atoms with Crippen LogP contribution in [0.2, 0.25) is 0 Å². The highest BCUT2D eigenvalue weighted by Crippen LogP contribution is 2.19. The molecule has 0 aliphatic rings. The third-order valence-electron chi connectivity index (χ3n) is 2.89. The summed E-state index contributed by atoms with van der Waals surface area (Å²) in [5.74, 6) is -0.209. The van der Waals surface area contributed by atoms with Crippen LogP contribution in [-0.4, -0.2) is 26.2 Å². The quantitative estimate of drug-likeness (QED) is 0.748. The number of hydrogen-bond acceptors (Lipinski definition) is 4. The second kappa shape index (κ2) is 6.65.